The molecule has 0 saturated carbocycles. The molecule has 1 aromatic heterocycles. The first-order valence-corrected chi connectivity index (χ1v) is 10.4. The highest BCUT2D eigenvalue weighted by molar-refractivity contribution is 8.00. The van der Waals surface area contributed by atoms with Crippen LogP contribution in [0.1, 0.15) is 19.4 Å². The van der Waals surface area contributed by atoms with E-state index in [0.717, 1.165) is 16.9 Å². The molecule has 0 spiro atoms. The molecule has 1 heterocycles. The van der Waals surface area contributed by atoms with Gasteiger partial charge in [0, 0.05) is 19.2 Å². The van der Waals surface area contributed by atoms with Crippen LogP contribution in [-0.4, -0.2) is 44.6 Å². The van der Waals surface area contributed by atoms with E-state index in [4.69, 9.17) is 10.6 Å². The fraction of sp³-hybridized carbons (Fsp3) is 0.286. The van der Waals surface area contributed by atoms with Gasteiger partial charge in [-0.2, -0.15) is 0 Å². The van der Waals surface area contributed by atoms with E-state index < -0.39 is 5.25 Å². The van der Waals surface area contributed by atoms with Crippen LogP contribution < -0.4 is 10.6 Å². The summed E-state index contributed by atoms with van der Waals surface area (Å²) in [6, 6.07) is 13.6. The minimum atomic E-state index is -0.441. The topological polar surface area (TPSA) is 86.3 Å². The molecule has 0 radical (unpaired) electrons. The number of nitrogens with zero attached hydrogens (tertiary/aromatic N) is 4. The van der Waals surface area contributed by atoms with E-state index >= 15 is 0 Å². The van der Waals surface area contributed by atoms with Gasteiger partial charge in [-0.05, 0) is 55.8 Å². The number of carbonyl (C=O) groups excluding carboxylic acids is 1. The summed E-state index contributed by atoms with van der Waals surface area (Å²) < 4.78 is 20.2. The summed E-state index contributed by atoms with van der Waals surface area (Å²) >= 11 is 1.22. The van der Waals surface area contributed by atoms with Crippen LogP contribution in [0.15, 0.2) is 53.7 Å². The van der Waals surface area contributed by atoms with Crippen molar-refractivity contribution in [3.63, 3.8) is 0 Å². The van der Waals surface area contributed by atoms with Crippen molar-refractivity contribution in [2.75, 3.05) is 19.5 Å². The quantitative estimate of drug-likeness (QED) is 0.437. The molecule has 158 valence electrons. The Balaban J connectivity index is 1.66. The van der Waals surface area contributed by atoms with Crippen LogP contribution >= 0.6 is 11.8 Å². The summed E-state index contributed by atoms with van der Waals surface area (Å²) in [5.74, 6) is 6.99. The van der Waals surface area contributed by atoms with Crippen LogP contribution in [0.3, 0.4) is 0 Å². The Morgan fingerprint density at radius 2 is 2.00 bits per heavy atom. The summed E-state index contributed by atoms with van der Waals surface area (Å²) in [5, 5.41) is 8.27. The molecule has 1 atom stereocenters. The SMILES string of the molecule is CCOc1ccc(-c2nnc(SC(C)C(=O)N(C)Cc3cccc(F)c3)n2N)cc1. The molecule has 0 aliphatic rings. The molecular weight excluding hydrogens is 405 g/mol. The molecule has 0 bridgehead atoms. The molecule has 2 aromatic carbocycles. The fourth-order valence-electron chi connectivity index (χ4n) is 2.93. The number of benzene rings is 2. The van der Waals surface area contributed by atoms with Gasteiger partial charge >= 0.3 is 0 Å². The van der Waals surface area contributed by atoms with Gasteiger partial charge in [0.2, 0.25) is 11.1 Å². The average Bonchev–Trinajstić information content (AvgIpc) is 3.08. The summed E-state index contributed by atoms with van der Waals surface area (Å²) in [5.41, 5.74) is 1.52. The van der Waals surface area contributed by atoms with Gasteiger partial charge in [-0.15, -0.1) is 10.2 Å². The highest BCUT2D eigenvalue weighted by atomic mass is 32.2. The van der Waals surface area contributed by atoms with Gasteiger partial charge < -0.3 is 15.5 Å². The normalized spacial score (nSPS) is 11.9. The Bertz CT molecular complexity index is 1010. The lowest BCUT2D eigenvalue weighted by Gasteiger charge is -2.21. The number of nitrogen functional groups attached to an aromatic ring is 1. The maximum atomic E-state index is 13.4. The molecular formula is C21H24FN5O2S. The minimum Gasteiger partial charge on any atom is -0.494 e. The number of halogens is 1. The first-order chi connectivity index (χ1) is 14.4. The second-order valence-electron chi connectivity index (χ2n) is 6.72. The zero-order chi connectivity index (χ0) is 21.7. The number of thioether (sulfide) groups is 1. The van der Waals surface area contributed by atoms with E-state index in [1.807, 2.05) is 31.2 Å². The molecule has 30 heavy (non-hydrogen) atoms. The Morgan fingerprint density at radius 1 is 1.27 bits per heavy atom. The second kappa shape index (κ2) is 9.62. The molecule has 0 aliphatic carbocycles. The summed E-state index contributed by atoms with van der Waals surface area (Å²) in [4.78, 5) is 14.3. The summed E-state index contributed by atoms with van der Waals surface area (Å²) in [6.07, 6.45) is 0. The third-order valence-electron chi connectivity index (χ3n) is 4.40. The van der Waals surface area contributed by atoms with Crippen LogP contribution in [0.5, 0.6) is 5.75 Å². The molecule has 0 fully saturated rings. The van der Waals surface area contributed by atoms with Crippen molar-refractivity contribution in [2.24, 2.45) is 0 Å². The lowest BCUT2D eigenvalue weighted by atomic mass is 10.2. The maximum absolute atomic E-state index is 13.4. The lowest BCUT2D eigenvalue weighted by Crippen LogP contribution is -2.33. The van der Waals surface area contributed by atoms with Crippen LogP contribution in [0.2, 0.25) is 0 Å². The number of hydrogen-bond acceptors (Lipinski definition) is 6. The smallest absolute Gasteiger partial charge is 0.235 e. The van der Waals surface area contributed by atoms with E-state index in [9.17, 15) is 9.18 Å². The molecule has 2 N–H and O–H groups in total. The van der Waals surface area contributed by atoms with Crippen molar-refractivity contribution >= 4 is 17.7 Å². The number of carbonyl (C=O) groups is 1. The van der Waals surface area contributed by atoms with Crippen molar-refractivity contribution < 1.29 is 13.9 Å². The molecule has 7 nitrogen and oxygen atoms in total. The molecule has 3 rings (SSSR count). The predicted octanol–water partition coefficient (Wildman–Crippen LogP) is 3.34. The van der Waals surface area contributed by atoms with Gasteiger partial charge in [-0.1, -0.05) is 23.9 Å². The Morgan fingerprint density at radius 3 is 2.67 bits per heavy atom. The number of amides is 1. The zero-order valence-corrected chi connectivity index (χ0v) is 17.9. The van der Waals surface area contributed by atoms with Crippen molar-refractivity contribution in [1.82, 2.24) is 19.8 Å². The highest BCUT2D eigenvalue weighted by Gasteiger charge is 2.22. The van der Waals surface area contributed by atoms with Gasteiger partial charge in [-0.25, -0.2) is 9.07 Å². The van der Waals surface area contributed by atoms with E-state index in [1.54, 1.807) is 31.0 Å². The molecule has 3 aromatic rings. The number of aromatic nitrogens is 3. The third-order valence-corrected chi connectivity index (χ3v) is 5.45. The standard InChI is InChI=1S/C21H24FN5O2S/c1-4-29-18-10-8-16(9-11-18)19-24-25-21(27(19)23)30-14(2)20(28)26(3)13-15-6-5-7-17(22)12-15/h5-12,14H,4,13,23H2,1-3H3. The van der Waals surface area contributed by atoms with Crippen LogP contribution in [-0.2, 0) is 11.3 Å². The van der Waals surface area contributed by atoms with Gasteiger partial charge in [-0.3, -0.25) is 4.79 Å². The Labute approximate surface area is 179 Å². The number of nitrogens with two attached hydrogens (primary N) is 1. The van der Waals surface area contributed by atoms with Crippen LogP contribution in [0, 0.1) is 5.82 Å². The van der Waals surface area contributed by atoms with E-state index in [0.29, 0.717) is 24.1 Å². The average molecular weight is 430 g/mol. The van der Waals surface area contributed by atoms with Gasteiger partial charge in [0.1, 0.15) is 11.6 Å². The van der Waals surface area contributed by atoms with E-state index in [2.05, 4.69) is 10.2 Å². The van der Waals surface area contributed by atoms with Gasteiger partial charge in [0.25, 0.3) is 0 Å². The van der Waals surface area contributed by atoms with Gasteiger partial charge in [0.15, 0.2) is 5.82 Å². The monoisotopic (exact) mass is 429 g/mol. The third kappa shape index (κ3) is 5.10. The first kappa shape index (κ1) is 21.6. The lowest BCUT2D eigenvalue weighted by molar-refractivity contribution is -0.129. The first-order valence-electron chi connectivity index (χ1n) is 9.48. The second-order valence-corrected chi connectivity index (χ2v) is 8.03. The zero-order valence-electron chi connectivity index (χ0n) is 17.1. The Kier molecular flexibility index (Phi) is 6.94. The van der Waals surface area contributed by atoms with Crippen molar-refractivity contribution in [3.05, 3.63) is 59.9 Å². The number of rotatable bonds is 8. The van der Waals surface area contributed by atoms with Gasteiger partial charge in [0.05, 0.1) is 11.9 Å². The fourth-order valence-corrected chi connectivity index (χ4v) is 3.81. The summed E-state index contributed by atoms with van der Waals surface area (Å²) in [6.45, 7) is 4.60. The molecule has 0 saturated heterocycles. The molecule has 1 unspecified atom stereocenters. The van der Waals surface area contributed by atoms with E-state index in [-0.39, 0.29) is 11.7 Å². The largest absolute Gasteiger partial charge is 0.494 e. The highest BCUT2D eigenvalue weighted by Crippen LogP contribution is 2.27. The van der Waals surface area contributed by atoms with Crippen molar-refractivity contribution in [2.45, 2.75) is 30.8 Å². The minimum absolute atomic E-state index is 0.116. The number of hydrogen-bond donors (Lipinski definition) is 1. The Hall–Kier alpha value is -3.07. The number of ether oxygens (including phenoxy) is 1. The van der Waals surface area contributed by atoms with Crippen LogP contribution in [0.4, 0.5) is 4.39 Å². The molecule has 9 heteroatoms. The predicted molar refractivity (Wildman–Crippen MR) is 115 cm³/mol. The van der Waals surface area contributed by atoms with Crippen molar-refractivity contribution in [1.29, 1.82) is 0 Å². The van der Waals surface area contributed by atoms with Crippen LogP contribution in [0.25, 0.3) is 11.4 Å². The maximum Gasteiger partial charge on any atom is 0.235 e. The van der Waals surface area contributed by atoms with E-state index in [1.165, 1.54) is 28.6 Å². The van der Waals surface area contributed by atoms with Crippen molar-refractivity contribution in [3.8, 4) is 17.1 Å². The molecule has 1 amide bonds. The molecule has 0 aliphatic heterocycles. The summed E-state index contributed by atoms with van der Waals surface area (Å²) in [7, 11) is 1.68.